The second kappa shape index (κ2) is 5.03. The normalized spacial score (nSPS) is 12.5. The van der Waals surface area contributed by atoms with Gasteiger partial charge in [-0.15, -0.1) is 0 Å². The molecule has 0 aliphatic carbocycles. The standard InChI is InChI=1S/C12H16FNO/c1-3-10(14)7-12(15)9-5-4-8(2)11(13)6-9/h4-6,10H,3,7,14H2,1-2H3. The summed E-state index contributed by atoms with van der Waals surface area (Å²) < 4.78 is 13.2. The van der Waals surface area contributed by atoms with Crippen LogP contribution in [0.2, 0.25) is 0 Å². The number of nitrogens with two attached hydrogens (primary N) is 1. The van der Waals surface area contributed by atoms with E-state index in [9.17, 15) is 9.18 Å². The molecule has 0 fully saturated rings. The molecule has 1 aromatic carbocycles. The molecule has 0 aliphatic heterocycles. The van der Waals surface area contributed by atoms with Crippen LogP contribution in [0.5, 0.6) is 0 Å². The Morgan fingerprint density at radius 1 is 1.53 bits per heavy atom. The van der Waals surface area contributed by atoms with Crippen LogP contribution in [0, 0.1) is 12.7 Å². The van der Waals surface area contributed by atoms with Gasteiger partial charge in [0.05, 0.1) is 0 Å². The second-order valence-corrected chi connectivity index (χ2v) is 3.76. The van der Waals surface area contributed by atoms with Crippen molar-refractivity contribution in [3.8, 4) is 0 Å². The fourth-order valence-electron chi connectivity index (χ4n) is 1.27. The summed E-state index contributed by atoms with van der Waals surface area (Å²) in [7, 11) is 0. The summed E-state index contributed by atoms with van der Waals surface area (Å²) in [5.74, 6) is -0.436. The maximum absolute atomic E-state index is 13.2. The van der Waals surface area contributed by atoms with Crippen molar-refractivity contribution < 1.29 is 9.18 Å². The quantitative estimate of drug-likeness (QED) is 0.774. The summed E-state index contributed by atoms with van der Waals surface area (Å²) in [5.41, 5.74) is 6.62. The minimum Gasteiger partial charge on any atom is -0.327 e. The van der Waals surface area contributed by atoms with Crippen molar-refractivity contribution in [1.29, 1.82) is 0 Å². The van der Waals surface area contributed by atoms with Crippen LogP contribution in [0.25, 0.3) is 0 Å². The smallest absolute Gasteiger partial charge is 0.164 e. The lowest BCUT2D eigenvalue weighted by atomic mass is 10.0. The molecule has 15 heavy (non-hydrogen) atoms. The summed E-state index contributed by atoms with van der Waals surface area (Å²) in [6.07, 6.45) is 1.03. The summed E-state index contributed by atoms with van der Waals surface area (Å²) >= 11 is 0. The molecule has 1 atom stereocenters. The number of halogens is 1. The fourth-order valence-corrected chi connectivity index (χ4v) is 1.27. The topological polar surface area (TPSA) is 43.1 Å². The van der Waals surface area contributed by atoms with E-state index in [4.69, 9.17) is 5.73 Å². The third kappa shape index (κ3) is 3.13. The lowest BCUT2D eigenvalue weighted by Crippen LogP contribution is -2.22. The van der Waals surface area contributed by atoms with Crippen LogP contribution >= 0.6 is 0 Å². The van der Waals surface area contributed by atoms with E-state index in [1.54, 1.807) is 19.1 Å². The van der Waals surface area contributed by atoms with Crippen LogP contribution in [0.1, 0.15) is 35.7 Å². The molecule has 82 valence electrons. The molecule has 3 heteroatoms. The first-order chi connectivity index (χ1) is 7.04. The average Bonchev–Trinajstić information content (AvgIpc) is 2.21. The zero-order valence-corrected chi connectivity index (χ0v) is 9.09. The zero-order valence-electron chi connectivity index (χ0n) is 9.09. The molecule has 0 bridgehead atoms. The summed E-state index contributed by atoms with van der Waals surface area (Å²) in [6.45, 7) is 3.59. The largest absolute Gasteiger partial charge is 0.327 e. The number of hydrogen-bond donors (Lipinski definition) is 1. The van der Waals surface area contributed by atoms with Crippen molar-refractivity contribution in [2.75, 3.05) is 0 Å². The predicted molar refractivity (Wildman–Crippen MR) is 58.4 cm³/mol. The SMILES string of the molecule is CCC(N)CC(=O)c1ccc(C)c(F)c1. The number of Topliss-reactive ketones (excluding diaryl/α,β-unsaturated/α-hetero) is 1. The Bertz CT molecular complexity index is 363. The van der Waals surface area contributed by atoms with Gasteiger partial charge >= 0.3 is 0 Å². The Morgan fingerprint density at radius 3 is 2.73 bits per heavy atom. The average molecular weight is 209 g/mol. The van der Waals surface area contributed by atoms with E-state index in [0.29, 0.717) is 11.1 Å². The number of ketones is 1. The Balaban J connectivity index is 2.78. The third-order valence-corrected chi connectivity index (χ3v) is 2.47. The Hall–Kier alpha value is -1.22. The molecule has 0 radical (unpaired) electrons. The first-order valence-electron chi connectivity index (χ1n) is 5.09. The Labute approximate surface area is 89.3 Å². The van der Waals surface area contributed by atoms with Crippen molar-refractivity contribution in [3.05, 3.63) is 35.1 Å². The molecule has 1 unspecified atom stereocenters. The summed E-state index contributed by atoms with van der Waals surface area (Å²) in [4.78, 5) is 11.6. The van der Waals surface area contributed by atoms with Crippen LogP contribution in [0.4, 0.5) is 4.39 Å². The highest BCUT2D eigenvalue weighted by atomic mass is 19.1. The maximum Gasteiger partial charge on any atom is 0.164 e. The molecule has 0 aromatic heterocycles. The Kier molecular flexibility index (Phi) is 3.97. The van der Waals surface area contributed by atoms with Crippen LogP contribution in [0.3, 0.4) is 0 Å². The van der Waals surface area contributed by atoms with Gasteiger partial charge in [-0.1, -0.05) is 19.1 Å². The van der Waals surface area contributed by atoms with Gasteiger partial charge in [0.1, 0.15) is 5.82 Å². The molecule has 0 spiro atoms. The van der Waals surface area contributed by atoms with Gasteiger partial charge in [0.25, 0.3) is 0 Å². The number of benzene rings is 1. The predicted octanol–water partition coefficient (Wildman–Crippen LogP) is 2.44. The van der Waals surface area contributed by atoms with Gasteiger partial charge in [-0.3, -0.25) is 4.79 Å². The number of rotatable bonds is 4. The van der Waals surface area contributed by atoms with Crippen molar-refractivity contribution in [2.45, 2.75) is 32.7 Å². The highest BCUT2D eigenvalue weighted by molar-refractivity contribution is 5.96. The molecule has 0 heterocycles. The van der Waals surface area contributed by atoms with E-state index in [1.807, 2.05) is 6.92 Å². The van der Waals surface area contributed by atoms with Crippen LogP contribution in [0.15, 0.2) is 18.2 Å². The minimum atomic E-state index is -0.342. The molecule has 0 amide bonds. The van der Waals surface area contributed by atoms with Crippen molar-refractivity contribution in [1.82, 2.24) is 0 Å². The molecule has 0 aliphatic rings. The minimum absolute atomic E-state index is 0.0942. The molecule has 0 saturated carbocycles. The van der Waals surface area contributed by atoms with Gasteiger partial charge in [0.15, 0.2) is 5.78 Å². The highest BCUT2D eigenvalue weighted by Gasteiger charge is 2.11. The van der Waals surface area contributed by atoms with Gasteiger partial charge in [0.2, 0.25) is 0 Å². The molecule has 2 nitrogen and oxygen atoms in total. The van der Waals surface area contributed by atoms with Gasteiger partial charge in [-0.05, 0) is 25.0 Å². The van der Waals surface area contributed by atoms with Crippen molar-refractivity contribution in [2.24, 2.45) is 5.73 Å². The molecule has 1 aromatic rings. The third-order valence-electron chi connectivity index (χ3n) is 2.47. The van der Waals surface area contributed by atoms with Gasteiger partial charge in [0, 0.05) is 18.0 Å². The lowest BCUT2D eigenvalue weighted by Gasteiger charge is -2.07. The van der Waals surface area contributed by atoms with E-state index < -0.39 is 0 Å². The van der Waals surface area contributed by atoms with E-state index >= 15 is 0 Å². The van der Waals surface area contributed by atoms with E-state index in [1.165, 1.54) is 6.07 Å². The van der Waals surface area contributed by atoms with Crippen LogP contribution in [-0.4, -0.2) is 11.8 Å². The first kappa shape index (κ1) is 11.9. The molecular formula is C12H16FNO. The van der Waals surface area contributed by atoms with Crippen LogP contribution in [-0.2, 0) is 0 Å². The van der Waals surface area contributed by atoms with Gasteiger partial charge in [-0.2, -0.15) is 0 Å². The van der Waals surface area contributed by atoms with E-state index in [-0.39, 0.29) is 24.1 Å². The van der Waals surface area contributed by atoms with Crippen molar-refractivity contribution in [3.63, 3.8) is 0 Å². The number of hydrogen-bond acceptors (Lipinski definition) is 2. The maximum atomic E-state index is 13.2. The van der Waals surface area contributed by atoms with Gasteiger partial charge in [-0.25, -0.2) is 4.39 Å². The van der Waals surface area contributed by atoms with E-state index in [2.05, 4.69) is 0 Å². The summed E-state index contributed by atoms with van der Waals surface area (Å²) in [6, 6.07) is 4.39. The second-order valence-electron chi connectivity index (χ2n) is 3.76. The summed E-state index contributed by atoms with van der Waals surface area (Å²) in [5, 5.41) is 0. The highest BCUT2D eigenvalue weighted by Crippen LogP contribution is 2.12. The molecular weight excluding hydrogens is 193 g/mol. The number of carbonyl (C=O) groups is 1. The fraction of sp³-hybridized carbons (Fsp3) is 0.417. The monoisotopic (exact) mass is 209 g/mol. The molecule has 2 N–H and O–H groups in total. The van der Waals surface area contributed by atoms with Crippen molar-refractivity contribution >= 4 is 5.78 Å². The van der Waals surface area contributed by atoms with Gasteiger partial charge < -0.3 is 5.73 Å². The number of carbonyl (C=O) groups excluding carboxylic acids is 1. The van der Waals surface area contributed by atoms with E-state index in [0.717, 1.165) is 6.42 Å². The van der Waals surface area contributed by atoms with Crippen LogP contribution < -0.4 is 5.73 Å². The lowest BCUT2D eigenvalue weighted by molar-refractivity contribution is 0.0973. The molecule has 1 rings (SSSR count). The zero-order chi connectivity index (χ0) is 11.4. The Morgan fingerprint density at radius 2 is 2.20 bits per heavy atom. The molecule has 0 saturated heterocycles. The number of aryl methyl sites for hydroxylation is 1. The first-order valence-corrected chi connectivity index (χ1v) is 5.09.